The molecule has 3 nitrogen and oxygen atoms in total. The molecular weight excluding hydrogens is 232 g/mol. The van der Waals surface area contributed by atoms with Crippen molar-refractivity contribution in [3.05, 3.63) is 23.8 Å². The van der Waals surface area contributed by atoms with Crippen molar-refractivity contribution in [1.29, 1.82) is 0 Å². The summed E-state index contributed by atoms with van der Waals surface area (Å²) in [4.78, 5) is 12.9. The summed E-state index contributed by atoms with van der Waals surface area (Å²) in [6.45, 7) is 6.54. The standard InChI is InChI=1S/C13H18N2OS/c1-13(2,3)17-8-5-6-9-10(7-8)15-12(16)11(9)14-4/h5-7,11,14H,1-4H3,(H,15,16). The molecule has 1 aliphatic rings. The number of hydrogen-bond acceptors (Lipinski definition) is 3. The van der Waals surface area contributed by atoms with E-state index in [1.807, 2.05) is 6.07 Å². The molecule has 1 unspecified atom stereocenters. The summed E-state index contributed by atoms with van der Waals surface area (Å²) in [5.41, 5.74) is 1.97. The molecule has 1 atom stereocenters. The number of carbonyl (C=O) groups is 1. The summed E-state index contributed by atoms with van der Waals surface area (Å²) < 4.78 is 0.180. The van der Waals surface area contributed by atoms with Crippen LogP contribution < -0.4 is 10.6 Å². The average Bonchev–Trinajstić information content (AvgIpc) is 2.50. The minimum Gasteiger partial charge on any atom is -0.324 e. The Labute approximate surface area is 106 Å². The maximum absolute atomic E-state index is 11.7. The molecule has 1 aromatic rings. The Morgan fingerprint density at radius 3 is 2.65 bits per heavy atom. The molecule has 0 fully saturated rings. The fourth-order valence-corrected chi connectivity index (χ4v) is 2.97. The van der Waals surface area contributed by atoms with Crippen LogP contribution in [0.15, 0.2) is 23.1 Å². The topological polar surface area (TPSA) is 41.1 Å². The highest BCUT2D eigenvalue weighted by molar-refractivity contribution is 8.00. The number of hydrogen-bond donors (Lipinski definition) is 2. The van der Waals surface area contributed by atoms with Gasteiger partial charge in [0.05, 0.1) is 0 Å². The lowest BCUT2D eigenvalue weighted by molar-refractivity contribution is -0.117. The van der Waals surface area contributed by atoms with E-state index < -0.39 is 0 Å². The predicted molar refractivity (Wildman–Crippen MR) is 72.5 cm³/mol. The molecule has 1 aromatic carbocycles. The molecule has 2 N–H and O–H groups in total. The van der Waals surface area contributed by atoms with Crippen molar-refractivity contribution in [3.63, 3.8) is 0 Å². The summed E-state index contributed by atoms with van der Waals surface area (Å²) in [6, 6.07) is 5.96. The van der Waals surface area contributed by atoms with Gasteiger partial charge >= 0.3 is 0 Å². The second-order valence-corrected chi connectivity index (χ2v) is 7.07. The Bertz CT molecular complexity index is 451. The van der Waals surface area contributed by atoms with Gasteiger partial charge in [0.15, 0.2) is 0 Å². The Morgan fingerprint density at radius 1 is 1.35 bits per heavy atom. The Kier molecular flexibility index (Phi) is 3.19. The molecule has 0 aliphatic carbocycles. The molecule has 17 heavy (non-hydrogen) atoms. The van der Waals surface area contributed by atoms with Gasteiger partial charge in [-0.25, -0.2) is 0 Å². The number of anilines is 1. The average molecular weight is 250 g/mol. The van der Waals surface area contributed by atoms with E-state index in [0.29, 0.717) is 0 Å². The largest absolute Gasteiger partial charge is 0.324 e. The summed E-state index contributed by atoms with van der Waals surface area (Å²) in [6.07, 6.45) is 0. The molecule has 0 aromatic heterocycles. The van der Waals surface area contributed by atoms with Crippen LogP contribution in [0.25, 0.3) is 0 Å². The van der Waals surface area contributed by atoms with Crippen LogP contribution >= 0.6 is 11.8 Å². The third kappa shape index (κ3) is 2.64. The van der Waals surface area contributed by atoms with E-state index in [-0.39, 0.29) is 16.7 Å². The number of fused-ring (bicyclic) bond motifs is 1. The minimum atomic E-state index is -0.210. The zero-order chi connectivity index (χ0) is 12.6. The van der Waals surface area contributed by atoms with Gasteiger partial charge in [0.25, 0.3) is 0 Å². The van der Waals surface area contributed by atoms with E-state index in [1.54, 1.807) is 18.8 Å². The minimum absolute atomic E-state index is 0.0282. The normalized spacial score (nSPS) is 19.1. The van der Waals surface area contributed by atoms with Gasteiger partial charge in [-0.1, -0.05) is 26.8 Å². The first kappa shape index (κ1) is 12.5. The van der Waals surface area contributed by atoms with Crippen molar-refractivity contribution in [2.45, 2.75) is 36.5 Å². The van der Waals surface area contributed by atoms with Gasteiger partial charge in [-0.05, 0) is 19.2 Å². The van der Waals surface area contributed by atoms with Gasteiger partial charge in [-0.15, -0.1) is 11.8 Å². The molecule has 0 saturated heterocycles. The summed E-state index contributed by atoms with van der Waals surface area (Å²) in [5, 5.41) is 5.93. The lowest BCUT2D eigenvalue weighted by Gasteiger charge is -2.18. The molecule has 4 heteroatoms. The maximum atomic E-state index is 11.7. The van der Waals surface area contributed by atoms with Gasteiger partial charge in [-0.3, -0.25) is 4.79 Å². The van der Waals surface area contributed by atoms with Crippen molar-refractivity contribution in [1.82, 2.24) is 5.32 Å². The van der Waals surface area contributed by atoms with Crippen molar-refractivity contribution in [2.75, 3.05) is 12.4 Å². The van der Waals surface area contributed by atoms with E-state index in [2.05, 4.69) is 43.5 Å². The lowest BCUT2D eigenvalue weighted by atomic mass is 10.1. The smallest absolute Gasteiger partial charge is 0.246 e. The molecule has 0 saturated carbocycles. The fraction of sp³-hybridized carbons (Fsp3) is 0.462. The number of amides is 1. The molecule has 92 valence electrons. The van der Waals surface area contributed by atoms with Gasteiger partial charge in [0.1, 0.15) is 6.04 Å². The number of likely N-dealkylation sites (N-methyl/N-ethyl adjacent to an activating group) is 1. The zero-order valence-electron chi connectivity index (χ0n) is 10.6. The number of rotatable bonds is 2. The van der Waals surface area contributed by atoms with Crippen LogP contribution in [0, 0.1) is 0 Å². The van der Waals surface area contributed by atoms with Gasteiger partial charge in [0, 0.05) is 20.9 Å². The Morgan fingerprint density at radius 2 is 2.06 bits per heavy atom. The van der Waals surface area contributed by atoms with Gasteiger partial charge in [-0.2, -0.15) is 0 Å². The quantitative estimate of drug-likeness (QED) is 0.793. The highest BCUT2D eigenvalue weighted by Crippen LogP contribution is 2.37. The first-order chi connectivity index (χ1) is 7.90. The van der Waals surface area contributed by atoms with Gasteiger partial charge in [0.2, 0.25) is 5.91 Å². The summed E-state index contributed by atoms with van der Waals surface area (Å²) in [7, 11) is 1.80. The van der Waals surface area contributed by atoms with E-state index in [1.165, 1.54) is 4.90 Å². The van der Waals surface area contributed by atoms with Crippen molar-refractivity contribution < 1.29 is 4.79 Å². The van der Waals surface area contributed by atoms with Crippen LogP contribution in [0.5, 0.6) is 0 Å². The number of nitrogens with one attached hydrogen (secondary N) is 2. The van der Waals surface area contributed by atoms with E-state index in [9.17, 15) is 4.79 Å². The highest BCUT2D eigenvalue weighted by Gasteiger charge is 2.29. The van der Waals surface area contributed by atoms with E-state index in [0.717, 1.165) is 11.3 Å². The number of carbonyl (C=O) groups excluding carboxylic acids is 1. The zero-order valence-corrected chi connectivity index (χ0v) is 11.4. The molecule has 0 spiro atoms. The Hall–Kier alpha value is -1.00. The molecule has 0 radical (unpaired) electrons. The molecule has 0 bridgehead atoms. The van der Waals surface area contributed by atoms with Crippen LogP contribution in [0.2, 0.25) is 0 Å². The van der Waals surface area contributed by atoms with Crippen LogP contribution in [-0.2, 0) is 4.79 Å². The lowest BCUT2D eigenvalue weighted by Crippen LogP contribution is -2.23. The summed E-state index contributed by atoms with van der Waals surface area (Å²) >= 11 is 1.81. The number of thioether (sulfide) groups is 1. The van der Waals surface area contributed by atoms with E-state index >= 15 is 0 Å². The first-order valence-corrected chi connectivity index (χ1v) is 6.53. The van der Waals surface area contributed by atoms with Crippen LogP contribution in [0.1, 0.15) is 32.4 Å². The first-order valence-electron chi connectivity index (χ1n) is 5.72. The Balaban J connectivity index is 2.29. The van der Waals surface area contributed by atoms with Gasteiger partial charge < -0.3 is 10.6 Å². The van der Waals surface area contributed by atoms with Crippen molar-refractivity contribution in [3.8, 4) is 0 Å². The monoisotopic (exact) mass is 250 g/mol. The fourth-order valence-electron chi connectivity index (χ4n) is 1.95. The predicted octanol–water partition coefficient (Wildman–Crippen LogP) is 2.79. The van der Waals surface area contributed by atoms with Crippen molar-refractivity contribution >= 4 is 23.4 Å². The van der Waals surface area contributed by atoms with Crippen LogP contribution in [-0.4, -0.2) is 17.7 Å². The second-order valence-electron chi connectivity index (χ2n) is 5.17. The molecule has 1 heterocycles. The molecular formula is C13H18N2OS. The van der Waals surface area contributed by atoms with Crippen molar-refractivity contribution in [2.24, 2.45) is 0 Å². The van der Waals surface area contributed by atoms with E-state index in [4.69, 9.17) is 0 Å². The van der Waals surface area contributed by atoms with Crippen LogP contribution in [0.3, 0.4) is 0 Å². The summed E-state index contributed by atoms with van der Waals surface area (Å²) in [5.74, 6) is 0.0282. The molecule has 1 amide bonds. The third-order valence-electron chi connectivity index (χ3n) is 2.57. The molecule has 2 rings (SSSR count). The third-order valence-corrected chi connectivity index (χ3v) is 3.67. The molecule has 1 aliphatic heterocycles. The second kappa shape index (κ2) is 4.35. The number of benzene rings is 1. The SMILES string of the molecule is CNC1C(=O)Nc2cc(SC(C)(C)C)ccc21. The van der Waals surface area contributed by atoms with Crippen LogP contribution in [0.4, 0.5) is 5.69 Å². The highest BCUT2D eigenvalue weighted by atomic mass is 32.2. The maximum Gasteiger partial charge on any atom is 0.246 e.